The van der Waals surface area contributed by atoms with Crippen molar-refractivity contribution >= 4 is 43.6 Å². The second-order valence-electron chi connectivity index (χ2n) is 9.86. The molecule has 0 aliphatic heterocycles. The van der Waals surface area contributed by atoms with E-state index in [2.05, 4.69) is 114 Å². The summed E-state index contributed by atoms with van der Waals surface area (Å²) in [5.74, 6) is 0.834. The van der Waals surface area contributed by atoms with Crippen molar-refractivity contribution in [2.75, 3.05) is 0 Å². The molecule has 0 radical (unpaired) electrons. The molecule has 8 rings (SSSR count). The van der Waals surface area contributed by atoms with Gasteiger partial charge in [0.2, 0.25) is 0 Å². The van der Waals surface area contributed by atoms with Gasteiger partial charge in [-0.15, -0.1) is 0 Å². The monoisotopic (exact) mass is 497 g/mol. The Hall–Kier alpha value is -5.28. The summed E-state index contributed by atoms with van der Waals surface area (Å²) in [7, 11) is 0. The van der Waals surface area contributed by atoms with Crippen LogP contribution >= 0.6 is 0 Å². The summed E-state index contributed by atoms with van der Waals surface area (Å²) in [5, 5.41) is 4.90. The Balaban J connectivity index is 1.56. The number of rotatable bonds is 3. The Bertz CT molecular complexity index is 2160. The second-order valence-corrected chi connectivity index (χ2v) is 9.86. The van der Waals surface area contributed by atoms with Crippen molar-refractivity contribution in [3.63, 3.8) is 0 Å². The van der Waals surface area contributed by atoms with E-state index in [4.69, 9.17) is 9.97 Å². The highest BCUT2D eigenvalue weighted by atomic mass is 15.1. The molecule has 0 atom stereocenters. The van der Waals surface area contributed by atoms with Gasteiger partial charge in [0.05, 0.1) is 22.1 Å². The minimum absolute atomic E-state index is 0.834. The summed E-state index contributed by atoms with van der Waals surface area (Å²) in [4.78, 5) is 10.5. The van der Waals surface area contributed by atoms with E-state index in [9.17, 15) is 0 Å². The lowest BCUT2D eigenvalue weighted by molar-refractivity contribution is 1.08. The Kier molecular flexibility index (Phi) is 4.82. The van der Waals surface area contributed by atoms with Crippen molar-refractivity contribution in [2.24, 2.45) is 0 Å². The number of benzene rings is 6. The van der Waals surface area contributed by atoms with Gasteiger partial charge >= 0.3 is 0 Å². The average Bonchev–Trinajstić information content (AvgIpc) is 3.35. The van der Waals surface area contributed by atoms with E-state index in [0.29, 0.717) is 0 Å². The third kappa shape index (κ3) is 3.44. The zero-order chi connectivity index (χ0) is 25.8. The molecule has 0 bridgehead atoms. The van der Waals surface area contributed by atoms with Crippen LogP contribution in [0.15, 0.2) is 140 Å². The molecule has 0 spiro atoms. The topological polar surface area (TPSA) is 30.7 Å². The molecule has 3 heteroatoms. The summed E-state index contributed by atoms with van der Waals surface area (Å²) >= 11 is 0. The largest absolute Gasteiger partial charge is 0.292 e. The Morgan fingerprint density at radius 3 is 1.90 bits per heavy atom. The number of para-hydroxylation sites is 2. The predicted octanol–water partition coefficient (Wildman–Crippen LogP) is 9.21. The fourth-order valence-electron chi connectivity index (χ4n) is 5.76. The van der Waals surface area contributed by atoms with E-state index in [1.54, 1.807) is 0 Å². The molecule has 0 unspecified atom stereocenters. The fourth-order valence-corrected chi connectivity index (χ4v) is 5.76. The van der Waals surface area contributed by atoms with Crippen LogP contribution in [0.1, 0.15) is 0 Å². The molecule has 2 heterocycles. The van der Waals surface area contributed by atoms with E-state index in [-0.39, 0.29) is 0 Å². The third-order valence-electron chi connectivity index (χ3n) is 7.57. The molecular formula is C36H23N3. The summed E-state index contributed by atoms with van der Waals surface area (Å²) in [5.41, 5.74) is 8.27. The highest BCUT2D eigenvalue weighted by Crippen LogP contribution is 2.40. The van der Waals surface area contributed by atoms with Gasteiger partial charge in [0.1, 0.15) is 5.69 Å². The normalized spacial score (nSPS) is 11.6. The van der Waals surface area contributed by atoms with Crippen LogP contribution < -0.4 is 0 Å². The number of hydrogen-bond donors (Lipinski definition) is 0. The molecule has 2 aromatic heterocycles. The van der Waals surface area contributed by atoms with Crippen molar-refractivity contribution in [3.05, 3.63) is 140 Å². The SMILES string of the molecule is c1ccc(-c2ccc3c4c5ccccc5ccc4n(-c4nc5ccccc5nc4-c4ccccc4)c3c2)cc1. The van der Waals surface area contributed by atoms with E-state index < -0.39 is 0 Å². The van der Waals surface area contributed by atoms with Gasteiger partial charge in [-0.1, -0.05) is 115 Å². The maximum Gasteiger partial charge on any atom is 0.165 e. The Morgan fingerprint density at radius 2 is 1.10 bits per heavy atom. The lowest BCUT2D eigenvalue weighted by Gasteiger charge is -2.14. The van der Waals surface area contributed by atoms with Crippen molar-refractivity contribution in [3.8, 4) is 28.2 Å². The lowest BCUT2D eigenvalue weighted by Crippen LogP contribution is -2.03. The second kappa shape index (κ2) is 8.64. The van der Waals surface area contributed by atoms with Crippen LogP contribution in [-0.4, -0.2) is 14.5 Å². The van der Waals surface area contributed by atoms with Gasteiger partial charge < -0.3 is 0 Å². The summed E-state index contributed by atoms with van der Waals surface area (Å²) < 4.78 is 2.31. The molecule has 0 saturated heterocycles. The van der Waals surface area contributed by atoms with Gasteiger partial charge in [0, 0.05) is 16.3 Å². The van der Waals surface area contributed by atoms with Crippen LogP contribution in [0, 0.1) is 0 Å². The van der Waals surface area contributed by atoms with Crippen molar-refractivity contribution in [2.45, 2.75) is 0 Å². The minimum atomic E-state index is 0.834. The molecule has 0 fully saturated rings. The van der Waals surface area contributed by atoms with Gasteiger partial charge in [-0.2, -0.15) is 0 Å². The van der Waals surface area contributed by atoms with Crippen LogP contribution in [0.3, 0.4) is 0 Å². The lowest BCUT2D eigenvalue weighted by atomic mass is 10.0. The first-order valence-corrected chi connectivity index (χ1v) is 13.2. The molecule has 0 aliphatic carbocycles. The van der Waals surface area contributed by atoms with E-state index in [0.717, 1.165) is 39.1 Å². The molecule has 0 aliphatic rings. The first-order valence-electron chi connectivity index (χ1n) is 13.2. The van der Waals surface area contributed by atoms with Crippen molar-refractivity contribution in [1.29, 1.82) is 0 Å². The molecule has 6 aromatic carbocycles. The molecule has 0 saturated carbocycles. The molecule has 182 valence electrons. The highest BCUT2D eigenvalue weighted by Gasteiger charge is 2.20. The van der Waals surface area contributed by atoms with Crippen molar-refractivity contribution < 1.29 is 0 Å². The fraction of sp³-hybridized carbons (Fsp3) is 0. The van der Waals surface area contributed by atoms with Gasteiger partial charge in [-0.05, 0) is 46.2 Å². The summed E-state index contributed by atoms with van der Waals surface area (Å²) in [6, 6.07) is 48.9. The van der Waals surface area contributed by atoms with Crippen molar-refractivity contribution in [1.82, 2.24) is 14.5 Å². The molecule has 39 heavy (non-hydrogen) atoms. The van der Waals surface area contributed by atoms with E-state index in [1.165, 1.54) is 32.7 Å². The molecule has 0 amide bonds. The molecule has 3 nitrogen and oxygen atoms in total. The maximum absolute atomic E-state index is 5.28. The van der Waals surface area contributed by atoms with Crippen LogP contribution in [0.2, 0.25) is 0 Å². The first kappa shape index (κ1) is 21.8. The quantitative estimate of drug-likeness (QED) is 0.244. The summed E-state index contributed by atoms with van der Waals surface area (Å²) in [6.07, 6.45) is 0. The van der Waals surface area contributed by atoms with Gasteiger partial charge in [-0.25, -0.2) is 9.97 Å². The minimum Gasteiger partial charge on any atom is -0.292 e. The number of nitrogens with zero attached hydrogens (tertiary/aromatic N) is 3. The number of aromatic nitrogens is 3. The van der Waals surface area contributed by atoms with Crippen LogP contribution in [-0.2, 0) is 0 Å². The number of hydrogen-bond acceptors (Lipinski definition) is 2. The third-order valence-corrected chi connectivity index (χ3v) is 7.57. The smallest absolute Gasteiger partial charge is 0.165 e. The average molecular weight is 498 g/mol. The van der Waals surface area contributed by atoms with Crippen LogP contribution in [0.5, 0.6) is 0 Å². The highest BCUT2D eigenvalue weighted by molar-refractivity contribution is 6.21. The molecular weight excluding hydrogens is 474 g/mol. The zero-order valence-corrected chi connectivity index (χ0v) is 21.1. The van der Waals surface area contributed by atoms with Gasteiger partial charge in [-0.3, -0.25) is 4.57 Å². The summed E-state index contributed by atoms with van der Waals surface area (Å²) in [6.45, 7) is 0. The van der Waals surface area contributed by atoms with E-state index in [1.807, 2.05) is 30.3 Å². The Labute approximate surface area is 225 Å². The Morgan fingerprint density at radius 1 is 0.436 bits per heavy atom. The van der Waals surface area contributed by atoms with Gasteiger partial charge in [0.15, 0.2) is 5.82 Å². The van der Waals surface area contributed by atoms with Crippen LogP contribution in [0.4, 0.5) is 0 Å². The van der Waals surface area contributed by atoms with Gasteiger partial charge in [0.25, 0.3) is 0 Å². The maximum atomic E-state index is 5.28. The predicted molar refractivity (Wildman–Crippen MR) is 162 cm³/mol. The first-order chi connectivity index (χ1) is 19.3. The molecule has 0 N–H and O–H groups in total. The van der Waals surface area contributed by atoms with E-state index >= 15 is 0 Å². The van der Waals surface area contributed by atoms with Crippen LogP contribution in [0.25, 0.3) is 71.8 Å². The number of fused-ring (bicyclic) bond motifs is 6. The zero-order valence-electron chi connectivity index (χ0n) is 21.1. The standard InChI is InChI=1S/C36H23N3/c1-3-11-24(12-4-1)27-19-21-29-33(23-27)39(32-22-20-25-13-7-8-16-28(25)34(29)32)36-35(26-14-5-2-6-15-26)37-30-17-9-10-18-31(30)38-36/h1-23H. The molecule has 8 aromatic rings.